The van der Waals surface area contributed by atoms with E-state index in [0.717, 1.165) is 18.7 Å². The highest BCUT2D eigenvalue weighted by molar-refractivity contribution is 7.99. The minimum atomic E-state index is -0.209. The standard InChI is InChI=1S/C7H11N5O2S/c13-7-12(3-4-14-7)2-1-5-15-6-8-10-11-9-6/h1-5H2,(H,8,9,10,11). The van der Waals surface area contributed by atoms with Crippen LogP contribution in [0.15, 0.2) is 5.16 Å². The van der Waals surface area contributed by atoms with Crippen LogP contribution in [0, 0.1) is 0 Å². The summed E-state index contributed by atoms with van der Waals surface area (Å²) in [6.45, 7) is 1.94. The molecule has 0 spiro atoms. The number of aromatic amines is 1. The van der Waals surface area contributed by atoms with E-state index in [1.54, 1.807) is 4.90 Å². The number of ether oxygens (including phenoxy) is 1. The van der Waals surface area contributed by atoms with Crippen molar-refractivity contribution in [1.82, 2.24) is 25.5 Å². The maximum absolute atomic E-state index is 11.1. The van der Waals surface area contributed by atoms with E-state index in [2.05, 4.69) is 20.6 Å². The number of tetrazole rings is 1. The van der Waals surface area contributed by atoms with Crippen LogP contribution in [-0.2, 0) is 4.74 Å². The highest BCUT2D eigenvalue weighted by Crippen LogP contribution is 2.12. The van der Waals surface area contributed by atoms with Crippen molar-refractivity contribution < 1.29 is 9.53 Å². The molecule has 2 heterocycles. The smallest absolute Gasteiger partial charge is 0.409 e. The summed E-state index contributed by atoms with van der Waals surface area (Å²) in [5.41, 5.74) is 0. The summed E-state index contributed by atoms with van der Waals surface area (Å²) in [5.74, 6) is 0.864. The van der Waals surface area contributed by atoms with Gasteiger partial charge in [0.15, 0.2) is 0 Å². The Hall–Kier alpha value is -1.31. The van der Waals surface area contributed by atoms with Crippen LogP contribution in [0.25, 0.3) is 0 Å². The van der Waals surface area contributed by atoms with Crippen molar-refractivity contribution in [3.05, 3.63) is 0 Å². The maximum Gasteiger partial charge on any atom is 0.409 e. The third-order valence-corrected chi connectivity index (χ3v) is 2.90. The molecule has 8 heteroatoms. The molecule has 1 aromatic rings. The molecule has 0 saturated carbocycles. The highest BCUT2D eigenvalue weighted by atomic mass is 32.2. The molecule has 1 saturated heterocycles. The lowest BCUT2D eigenvalue weighted by Crippen LogP contribution is -2.25. The number of carbonyl (C=O) groups excluding carboxylic acids is 1. The Bertz CT molecular complexity index is 317. The fourth-order valence-corrected chi connectivity index (χ4v) is 1.92. The molecule has 1 aliphatic heterocycles. The van der Waals surface area contributed by atoms with Crippen molar-refractivity contribution in [3.63, 3.8) is 0 Å². The molecule has 15 heavy (non-hydrogen) atoms. The van der Waals surface area contributed by atoms with Crippen LogP contribution in [0.3, 0.4) is 0 Å². The number of H-pyrrole nitrogens is 1. The number of nitrogens with one attached hydrogen (secondary N) is 1. The minimum Gasteiger partial charge on any atom is -0.448 e. The molecule has 2 rings (SSSR count). The fourth-order valence-electron chi connectivity index (χ4n) is 1.26. The van der Waals surface area contributed by atoms with E-state index in [4.69, 9.17) is 4.74 Å². The normalized spacial score (nSPS) is 15.7. The molecule has 0 unspecified atom stereocenters. The average molecular weight is 229 g/mol. The summed E-state index contributed by atoms with van der Waals surface area (Å²) in [6.07, 6.45) is 0.688. The van der Waals surface area contributed by atoms with Crippen LogP contribution in [0.5, 0.6) is 0 Å². The van der Waals surface area contributed by atoms with Gasteiger partial charge < -0.3 is 9.64 Å². The molecule has 1 fully saturated rings. The summed E-state index contributed by atoms with van der Waals surface area (Å²) >= 11 is 1.52. The van der Waals surface area contributed by atoms with E-state index in [1.165, 1.54) is 11.8 Å². The van der Waals surface area contributed by atoms with Gasteiger partial charge in [0, 0.05) is 12.3 Å². The van der Waals surface area contributed by atoms with Crippen molar-refractivity contribution in [2.24, 2.45) is 0 Å². The molecule has 0 aromatic carbocycles. The summed E-state index contributed by atoms with van der Waals surface area (Å²) in [7, 11) is 0. The van der Waals surface area contributed by atoms with Crippen LogP contribution < -0.4 is 0 Å². The van der Waals surface area contributed by atoms with Crippen LogP contribution in [-0.4, -0.2) is 57.1 Å². The molecular formula is C7H11N5O2S. The molecular weight excluding hydrogens is 218 g/mol. The van der Waals surface area contributed by atoms with Crippen LogP contribution in [0.1, 0.15) is 6.42 Å². The summed E-state index contributed by atoms with van der Waals surface area (Å²) < 4.78 is 4.81. The van der Waals surface area contributed by atoms with E-state index in [9.17, 15) is 4.79 Å². The number of hydrogen-bond donors (Lipinski definition) is 1. The molecule has 0 radical (unpaired) electrons. The lowest BCUT2D eigenvalue weighted by molar-refractivity contribution is 0.158. The number of rotatable bonds is 5. The number of carbonyl (C=O) groups is 1. The first-order chi connectivity index (χ1) is 7.36. The van der Waals surface area contributed by atoms with Crippen molar-refractivity contribution in [2.75, 3.05) is 25.4 Å². The Labute approximate surface area is 90.5 Å². The Morgan fingerprint density at radius 1 is 1.60 bits per heavy atom. The van der Waals surface area contributed by atoms with Gasteiger partial charge in [0.2, 0.25) is 5.16 Å². The van der Waals surface area contributed by atoms with E-state index < -0.39 is 0 Å². The second-order valence-electron chi connectivity index (χ2n) is 3.00. The third-order valence-electron chi connectivity index (χ3n) is 1.97. The topological polar surface area (TPSA) is 84.0 Å². The van der Waals surface area contributed by atoms with Gasteiger partial charge in [-0.2, -0.15) is 5.21 Å². The maximum atomic E-state index is 11.1. The molecule has 0 bridgehead atoms. The molecule has 0 atom stereocenters. The van der Waals surface area contributed by atoms with Crippen molar-refractivity contribution in [2.45, 2.75) is 11.6 Å². The van der Waals surface area contributed by atoms with Gasteiger partial charge in [0.05, 0.1) is 6.54 Å². The number of aromatic nitrogens is 4. The van der Waals surface area contributed by atoms with Crippen molar-refractivity contribution in [1.29, 1.82) is 0 Å². The summed E-state index contributed by atoms with van der Waals surface area (Å²) in [4.78, 5) is 12.8. The number of hydrogen-bond acceptors (Lipinski definition) is 6. The predicted molar refractivity (Wildman–Crippen MR) is 52.4 cm³/mol. The first kappa shape index (κ1) is 10.2. The number of thioether (sulfide) groups is 1. The number of amides is 1. The van der Waals surface area contributed by atoms with Gasteiger partial charge >= 0.3 is 6.09 Å². The molecule has 1 N–H and O–H groups in total. The second-order valence-corrected chi connectivity index (χ2v) is 4.06. The van der Waals surface area contributed by atoms with Gasteiger partial charge in [-0.05, 0) is 11.6 Å². The largest absolute Gasteiger partial charge is 0.448 e. The van der Waals surface area contributed by atoms with E-state index in [1.807, 2.05) is 0 Å². The van der Waals surface area contributed by atoms with Crippen LogP contribution >= 0.6 is 11.8 Å². The third kappa shape index (κ3) is 2.82. The van der Waals surface area contributed by atoms with Gasteiger partial charge in [0.25, 0.3) is 0 Å². The second kappa shape index (κ2) is 4.96. The lowest BCUT2D eigenvalue weighted by atomic mass is 10.4. The SMILES string of the molecule is O=C1OCCN1CCCSc1nn[nH]n1. The Morgan fingerprint density at radius 3 is 3.20 bits per heavy atom. The van der Waals surface area contributed by atoms with Crippen molar-refractivity contribution in [3.8, 4) is 0 Å². The fraction of sp³-hybridized carbons (Fsp3) is 0.714. The van der Waals surface area contributed by atoms with E-state index in [0.29, 0.717) is 18.3 Å². The zero-order valence-corrected chi connectivity index (χ0v) is 8.87. The molecule has 7 nitrogen and oxygen atoms in total. The van der Waals surface area contributed by atoms with E-state index >= 15 is 0 Å². The number of cyclic esters (lactones) is 1. The molecule has 1 aliphatic rings. The monoisotopic (exact) mass is 229 g/mol. The Morgan fingerprint density at radius 2 is 2.53 bits per heavy atom. The zero-order valence-electron chi connectivity index (χ0n) is 8.05. The van der Waals surface area contributed by atoms with Gasteiger partial charge in [-0.15, -0.1) is 10.2 Å². The quantitative estimate of drug-likeness (QED) is 0.571. The van der Waals surface area contributed by atoms with Gasteiger partial charge in [-0.1, -0.05) is 11.8 Å². The van der Waals surface area contributed by atoms with E-state index in [-0.39, 0.29) is 6.09 Å². The Balaban J connectivity index is 1.61. The first-order valence-electron chi connectivity index (χ1n) is 4.64. The number of nitrogens with zero attached hydrogens (tertiary/aromatic N) is 4. The molecule has 1 aromatic heterocycles. The Kier molecular flexibility index (Phi) is 3.38. The van der Waals surface area contributed by atoms with Gasteiger partial charge in [-0.3, -0.25) is 0 Å². The predicted octanol–water partition coefficient (Wildman–Crippen LogP) is 0.134. The van der Waals surface area contributed by atoms with Crippen molar-refractivity contribution >= 4 is 17.9 Å². The minimum absolute atomic E-state index is 0.209. The molecule has 82 valence electrons. The lowest BCUT2D eigenvalue weighted by Gasteiger charge is -2.10. The highest BCUT2D eigenvalue weighted by Gasteiger charge is 2.20. The van der Waals surface area contributed by atoms with Crippen LogP contribution in [0.2, 0.25) is 0 Å². The molecule has 0 aliphatic carbocycles. The zero-order chi connectivity index (χ0) is 10.5. The first-order valence-corrected chi connectivity index (χ1v) is 5.63. The van der Waals surface area contributed by atoms with Gasteiger partial charge in [-0.25, -0.2) is 4.79 Å². The average Bonchev–Trinajstić information content (AvgIpc) is 2.85. The van der Waals surface area contributed by atoms with Gasteiger partial charge in [0.1, 0.15) is 6.61 Å². The molecule has 1 amide bonds. The van der Waals surface area contributed by atoms with Crippen LogP contribution in [0.4, 0.5) is 4.79 Å². The summed E-state index contributed by atoms with van der Waals surface area (Å²) in [6, 6.07) is 0. The summed E-state index contributed by atoms with van der Waals surface area (Å²) in [5, 5.41) is 14.1.